The van der Waals surface area contributed by atoms with Crippen LogP contribution in [-0.4, -0.2) is 24.5 Å². The quantitative estimate of drug-likeness (QED) is 0.882. The minimum Gasteiger partial charge on any atom is -0.324 e. The van der Waals surface area contributed by atoms with Gasteiger partial charge >= 0.3 is 0 Å². The molecular weight excluding hydrogens is 244 g/mol. The highest BCUT2D eigenvalue weighted by molar-refractivity contribution is 5.28. The van der Waals surface area contributed by atoms with Crippen LogP contribution in [0.5, 0.6) is 0 Å². The van der Waals surface area contributed by atoms with E-state index in [0.29, 0.717) is 0 Å². The van der Waals surface area contributed by atoms with Crippen molar-refractivity contribution in [1.82, 2.24) is 4.90 Å². The van der Waals surface area contributed by atoms with Gasteiger partial charge in [0, 0.05) is 12.1 Å². The van der Waals surface area contributed by atoms with Crippen molar-refractivity contribution in [2.75, 3.05) is 13.6 Å². The van der Waals surface area contributed by atoms with Gasteiger partial charge in [0.25, 0.3) is 0 Å². The summed E-state index contributed by atoms with van der Waals surface area (Å²) in [5, 5.41) is 0. The second kappa shape index (κ2) is 7.24. The standard InChI is InChI=1S/C18H30N2/c1-14-8-10-16(11-9-14)20(3)13-12-18(19)17-7-5-4-6-15(17)2/h4-7,14,16,18H,8-13,19H2,1-3H3. The van der Waals surface area contributed by atoms with Crippen molar-refractivity contribution in [1.29, 1.82) is 0 Å². The monoisotopic (exact) mass is 274 g/mol. The van der Waals surface area contributed by atoms with Gasteiger partial charge in [-0.2, -0.15) is 0 Å². The number of nitrogens with two attached hydrogens (primary N) is 1. The molecule has 1 unspecified atom stereocenters. The molecule has 1 aromatic carbocycles. The fourth-order valence-corrected chi connectivity index (χ4v) is 3.37. The first kappa shape index (κ1) is 15.5. The Balaban J connectivity index is 1.81. The van der Waals surface area contributed by atoms with Crippen molar-refractivity contribution in [3.8, 4) is 0 Å². The molecule has 1 atom stereocenters. The fraction of sp³-hybridized carbons (Fsp3) is 0.667. The van der Waals surface area contributed by atoms with Gasteiger partial charge in [-0.05, 0) is 69.7 Å². The lowest BCUT2D eigenvalue weighted by molar-refractivity contribution is 0.166. The van der Waals surface area contributed by atoms with Gasteiger partial charge in [-0.3, -0.25) is 0 Å². The molecule has 1 aliphatic rings. The van der Waals surface area contributed by atoms with Crippen LogP contribution in [0.2, 0.25) is 0 Å². The van der Waals surface area contributed by atoms with Crippen molar-refractivity contribution in [3.05, 3.63) is 35.4 Å². The molecule has 2 nitrogen and oxygen atoms in total. The Labute approximate surface area is 124 Å². The number of benzene rings is 1. The second-order valence-electron chi connectivity index (χ2n) is 6.65. The van der Waals surface area contributed by atoms with Gasteiger partial charge in [0.05, 0.1) is 0 Å². The molecule has 0 bridgehead atoms. The van der Waals surface area contributed by atoms with Crippen LogP contribution in [0.3, 0.4) is 0 Å². The van der Waals surface area contributed by atoms with Crippen LogP contribution in [0, 0.1) is 12.8 Å². The molecule has 0 heterocycles. The maximum absolute atomic E-state index is 6.37. The molecule has 2 rings (SSSR count). The topological polar surface area (TPSA) is 29.3 Å². The van der Waals surface area contributed by atoms with Crippen molar-refractivity contribution < 1.29 is 0 Å². The van der Waals surface area contributed by atoms with Crippen molar-refractivity contribution in [2.45, 2.75) is 58.0 Å². The van der Waals surface area contributed by atoms with Gasteiger partial charge in [-0.15, -0.1) is 0 Å². The van der Waals surface area contributed by atoms with Crippen LogP contribution in [0.15, 0.2) is 24.3 Å². The van der Waals surface area contributed by atoms with E-state index < -0.39 is 0 Å². The molecule has 1 fully saturated rings. The number of nitrogens with zero attached hydrogens (tertiary/aromatic N) is 1. The Morgan fingerprint density at radius 2 is 1.85 bits per heavy atom. The molecule has 0 saturated heterocycles. The lowest BCUT2D eigenvalue weighted by atomic mass is 9.86. The number of rotatable bonds is 5. The van der Waals surface area contributed by atoms with Crippen LogP contribution in [0.1, 0.15) is 56.2 Å². The summed E-state index contributed by atoms with van der Waals surface area (Å²) in [5.41, 5.74) is 8.99. The van der Waals surface area contributed by atoms with E-state index in [2.05, 4.69) is 50.1 Å². The predicted molar refractivity (Wildman–Crippen MR) is 86.8 cm³/mol. The third kappa shape index (κ3) is 4.07. The Morgan fingerprint density at radius 3 is 2.50 bits per heavy atom. The molecule has 0 aliphatic heterocycles. The molecule has 0 amide bonds. The van der Waals surface area contributed by atoms with E-state index in [0.717, 1.165) is 24.9 Å². The molecular formula is C18H30N2. The van der Waals surface area contributed by atoms with Gasteiger partial charge in [0.2, 0.25) is 0 Å². The summed E-state index contributed by atoms with van der Waals surface area (Å²) >= 11 is 0. The van der Waals surface area contributed by atoms with E-state index in [1.165, 1.54) is 36.8 Å². The molecule has 0 radical (unpaired) electrons. The number of hydrogen-bond donors (Lipinski definition) is 1. The average molecular weight is 274 g/mol. The van der Waals surface area contributed by atoms with E-state index in [9.17, 15) is 0 Å². The summed E-state index contributed by atoms with van der Waals surface area (Å²) in [4.78, 5) is 2.53. The first-order valence-corrected chi connectivity index (χ1v) is 8.09. The first-order chi connectivity index (χ1) is 9.58. The summed E-state index contributed by atoms with van der Waals surface area (Å²) in [6.07, 6.45) is 6.54. The van der Waals surface area contributed by atoms with Crippen molar-refractivity contribution >= 4 is 0 Å². The normalized spacial score (nSPS) is 24.9. The molecule has 1 saturated carbocycles. The molecule has 1 aliphatic carbocycles. The van der Waals surface area contributed by atoms with Gasteiger partial charge in [-0.1, -0.05) is 31.2 Å². The molecule has 20 heavy (non-hydrogen) atoms. The summed E-state index contributed by atoms with van der Waals surface area (Å²) in [5.74, 6) is 0.925. The third-order valence-corrected chi connectivity index (χ3v) is 4.99. The minimum atomic E-state index is 0.168. The van der Waals surface area contributed by atoms with Crippen LogP contribution in [-0.2, 0) is 0 Å². The van der Waals surface area contributed by atoms with Crippen molar-refractivity contribution in [2.24, 2.45) is 11.7 Å². The van der Waals surface area contributed by atoms with Crippen LogP contribution in [0.25, 0.3) is 0 Å². The molecule has 2 heteroatoms. The lowest BCUT2D eigenvalue weighted by Gasteiger charge is -2.34. The van der Waals surface area contributed by atoms with Gasteiger partial charge in [0.1, 0.15) is 0 Å². The Kier molecular flexibility index (Phi) is 5.62. The second-order valence-corrected chi connectivity index (χ2v) is 6.65. The zero-order chi connectivity index (χ0) is 14.5. The maximum Gasteiger partial charge on any atom is 0.0309 e. The Hall–Kier alpha value is -0.860. The predicted octanol–water partition coefficient (Wildman–Crippen LogP) is 3.90. The molecule has 0 spiro atoms. The highest BCUT2D eigenvalue weighted by atomic mass is 15.1. The number of hydrogen-bond acceptors (Lipinski definition) is 2. The zero-order valence-electron chi connectivity index (χ0n) is 13.3. The molecule has 0 aromatic heterocycles. The van der Waals surface area contributed by atoms with E-state index in [4.69, 9.17) is 5.73 Å². The van der Waals surface area contributed by atoms with E-state index >= 15 is 0 Å². The summed E-state index contributed by atoms with van der Waals surface area (Å²) < 4.78 is 0. The third-order valence-electron chi connectivity index (χ3n) is 4.99. The number of aryl methyl sites for hydroxylation is 1. The van der Waals surface area contributed by atoms with Crippen LogP contribution in [0.4, 0.5) is 0 Å². The summed E-state index contributed by atoms with van der Waals surface area (Å²) in [6, 6.07) is 9.44. The van der Waals surface area contributed by atoms with Gasteiger partial charge in [0.15, 0.2) is 0 Å². The van der Waals surface area contributed by atoms with Gasteiger partial charge < -0.3 is 10.6 Å². The van der Waals surface area contributed by atoms with E-state index in [1.54, 1.807) is 0 Å². The molecule has 2 N–H and O–H groups in total. The van der Waals surface area contributed by atoms with Crippen LogP contribution < -0.4 is 5.73 Å². The molecule has 112 valence electrons. The largest absolute Gasteiger partial charge is 0.324 e. The van der Waals surface area contributed by atoms with Crippen LogP contribution >= 0.6 is 0 Å². The van der Waals surface area contributed by atoms with Gasteiger partial charge in [-0.25, -0.2) is 0 Å². The SMILES string of the molecule is Cc1ccccc1C(N)CCN(C)C1CCC(C)CC1. The maximum atomic E-state index is 6.37. The minimum absolute atomic E-state index is 0.168. The van der Waals surface area contributed by atoms with E-state index in [1.807, 2.05) is 0 Å². The smallest absolute Gasteiger partial charge is 0.0309 e. The fourth-order valence-electron chi connectivity index (χ4n) is 3.37. The van der Waals surface area contributed by atoms with Crippen molar-refractivity contribution in [3.63, 3.8) is 0 Å². The summed E-state index contributed by atoms with van der Waals surface area (Å²) in [6.45, 7) is 5.64. The lowest BCUT2D eigenvalue weighted by Crippen LogP contribution is -2.36. The summed E-state index contributed by atoms with van der Waals surface area (Å²) in [7, 11) is 2.27. The Morgan fingerprint density at radius 1 is 1.20 bits per heavy atom. The molecule has 1 aromatic rings. The van der Waals surface area contributed by atoms with E-state index in [-0.39, 0.29) is 6.04 Å². The average Bonchev–Trinajstić information content (AvgIpc) is 2.45. The highest BCUT2D eigenvalue weighted by Crippen LogP contribution is 2.27. The zero-order valence-corrected chi connectivity index (χ0v) is 13.3. The Bertz CT molecular complexity index is 408. The highest BCUT2D eigenvalue weighted by Gasteiger charge is 2.22. The first-order valence-electron chi connectivity index (χ1n) is 8.09.